The maximum Gasteiger partial charge on any atom is 0.387 e. The molecule has 0 saturated carbocycles. The molecule has 0 aliphatic rings. The molecule has 0 unspecified atom stereocenters. The van der Waals surface area contributed by atoms with Gasteiger partial charge in [0.2, 0.25) is 11.8 Å². The number of nitrogens with zero attached hydrogens (tertiary/aromatic N) is 2. The summed E-state index contributed by atoms with van der Waals surface area (Å²) in [7, 11) is 1.51. The Morgan fingerprint density at radius 2 is 2.15 bits per heavy atom. The van der Waals surface area contributed by atoms with Crippen LogP contribution in [0.2, 0.25) is 0 Å². The van der Waals surface area contributed by atoms with E-state index in [0.29, 0.717) is 18.4 Å². The Balaban J connectivity index is 1.99. The Kier molecular flexibility index (Phi) is 4.65. The molecule has 1 heterocycles. The summed E-state index contributed by atoms with van der Waals surface area (Å²) in [6.07, 6.45) is 1.56. The van der Waals surface area contributed by atoms with Crippen LogP contribution in [0.1, 0.15) is 5.56 Å². The van der Waals surface area contributed by atoms with E-state index in [9.17, 15) is 8.78 Å². The first-order chi connectivity index (χ1) is 9.67. The third-order valence-electron chi connectivity index (χ3n) is 2.41. The second-order valence-corrected chi connectivity index (χ2v) is 3.80. The number of alkyl halides is 2. The lowest BCUT2D eigenvalue weighted by Crippen LogP contribution is -2.05. The van der Waals surface area contributed by atoms with Crippen LogP contribution in [0.5, 0.6) is 11.6 Å². The fourth-order valence-electron chi connectivity index (χ4n) is 1.55. The lowest BCUT2D eigenvalue weighted by atomic mass is 10.2. The molecule has 0 amide bonds. The number of aromatic nitrogens is 2. The normalized spacial score (nSPS) is 10.4. The van der Waals surface area contributed by atoms with Crippen LogP contribution in [0.3, 0.4) is 0 Å². The molecule has 106 valence electrons. The third-order valence-corrected chi connectivity index (χ3v) is 2.41. The summed E-state index contributed by atoms with van der Waals surface area (Å²) < 4.78 is 33.5. The first kappa shape index (κ1) is 14.0. The predicted molar refractivity (Wildman–Crippen MR) is 69.0 cm³/mol. The van der Waals surface area contributed by atoms with E-state index in [2.05, 4.69) is 20.0 Å². The van der Waals surface area contributed by atoms with E-state index in [1.54, 1.807) is 24.4 Å². The molecule has 1 aromatic carbocycles. The standard InChI is InChI=1S/C13H13F2N3O2/c1-19-11-5-6-16-13(18-11)17-8-9-3-2-4-10(7-9)20-12(14)15/h2-7,12H,8H2,1H3,(H,16,17,18). The second-order valence-electron chi connectivity index (χ2n) is 3.80. The number of halogens is 2. The van der Waals surface area contributed by atoms with E-state index < -0.39 is 6.61 Å². The van der Waals surface area contributed by atoms with Gasteiger partial charge >= 0.3 is 6.61 Å². The predicted octanol–water partition coefficient (Wildman–Crippen LogP) is 2.70. The minimum Gasteiger partial charge on any atom is -0.481 e. The molecule has 2 rings (SSSR count). The molecule has 0 atom stereocenters. The Morgan fingerprint density at radius 1 is 1.30 bits per heavy atom. The third kappa shape index (κ3) is 4.04. The van der Waals surface area contributed by atoms with Gasteiger partial charge in [0.25, 0.3) is 0 Å². The first-order valence-corrected chi connectivity index (χ1v) is 5.82. The quantitative estimate of drug-likeness (QED) is 0.882. The molecule has 0 aliphatic carbocycles. The van der Waals surface area contributed by atoms with Crippen molar-refractivity contribution in [2.75, 3.05) is 12.4 Å². The fourth-order valence-corrected chi connectivity index (χ4v) is 1.55. The SMILES string of the molecule is COc1ccnc(NCc2cccc(OC(F)F)c2)n1. The van der Waals surface area contributed by atoms with Crippen molar-refractivity contribution in [1.29, 1.82) is 0 Å². The first-order valence-electron chi connectivity index (χ1n) is 5.82. The van der Waals surface area contributed by atoms with Crippen LogP contribution in [0.4, 0.5) is 14.7 Å². The average molecular weight is 281 g/mol. The monoisotopic (exact) mass is 281 g/mol. The van der Waals surface area contributed by atoms with Crippen molar-refractivity contribution in [3.05, 3.63) is 42.1 Å². The van der Waals surface area contributed by atoms with E-state index in [4.69, 9.17) is 4.74 Å². The van der Waals surface area contributed by atoms with Crippen LogP contribution in [-0.4, -0.2) is 23.7 Å². The lowest BCUT2D eigenvalue weighted by Gasteiger charge is -2.08. The zero-order valence-corrected chi connectivity index (χ0v) is 10.7. The summed E-state index contributed by atoms with van der Waals surface area (Å²) in [6, 6.07) is 8.05. The van der Waals surface area contributed by atoms with Gasteiger partial charge < -0.3 is 14.8 Å². The van der Waals surface area contributed by atoms with Gasteiger partial charge in [-0.3, -0.25) is 0 Å². The largest absolute Gasteiger partial charge is 0.481 e. The number of anilines is 1. The second kappa shape index (κ2) is 6.65. The summed E-state index contributed by atoms with van der Waals surface area (Å²) >= 11 is 0. The summed E-state index contributed by atoms with van der Waals surface area (Å²) in [5.74, 6) is 0.952. The number of methoxy groups -OCH3 is 1. The summed E-state index contributed by atoms with van der Waals surface area (Å²) in [6.45, 7) is -2.45. The van der Waals surface area contributed by atoms with Crippen molar-refractivity contribution in [3.8, 4) is 11.6 Å². The van der Waals surface area contributed by atoms with Crippen molar-refractivity contribution in [1.82, 2.24) is 9.97 Å². The number of hydrogen-bond donors (Lipinski definition) is 1. The van der Waals surface area contributed by atoms with Crippen LogP contribution in [0, 0.1) is 0 Å². The van der Waals surface area contributed by atoms with Crippen molar-refractivity contribution >= 4 is 5.95 Å². The highest BCUT2D eigenvalue weighted by atomic mass is 19.3. The van der Waals surface area contributed by atoms with E-state index in [0.717, 1.165) is 5.56 Å². The summed E-state index contributed by atoms with van der Waals surface area (Å²) in [4.78, 5) is 8.10. The highest BCUT2D eigenvalue weighted by molar-refractivity contribution is 5.33. The molecule has 0 saturated heterocycles. The number of rotatable bonds is 6. The van der Waals surface area contributed by atoms with Gasteiger partial charge in [-0.2, -0.15) is 13.8 Å². The fraction of sp³-hybridized carbons (Fsp3) is 0.231. The van der Waals surface area contributed by atoms with Gasteiger partial charge in [0.15, 0.2) is 0 Å². The van der Waals surface area contributed by atoms with Crippen LogP contribution in [0.15, 0.2) is 36.5 Å². The zero-order chi connectivity index (χ0) is 14.4. The van der Waals surface area contributed by atoms with E-state index in [1.807, 2.05) is 0 Å². The molecule has 0 bridgehead atoms. The van der Waals surface area contributed by atoms with Crippen LogP contribution in [0.25, 0.3) is 0 Å². The maximum absolute atomic E-state index is 12.1. The Hall–Kier alpha value is -2.44. The minimum absolute atomic E-state index is 0.117. The van der Waals surface area contributed by atoms with Crippen molar-refractivity contribution in [3.63, 3.8) is 0 Å². The number of benzene rings is 1. The van der Waals surface area contributed by atoms with Crippen molar-refractivity contribution in [2.24, 2.45) is 0 Å². The molecule has 0 radical (unpaired) electrons. The van der Waals surface area contributed by atoms with Crippen molar-refractivity contribution < 1.29 is 18.3 Å². The van der Waals surface area contributed by atoms with Gasteiger partial charge in [-0.15, -0.1) is 0 Å². The maximum atomic E-state index is 12.1. The lowest BCUT2D eigenvalue weighted by molar-refractivity contribution is -0.0498. The molecule has 0 aliphatic heterocycles. The minimum atomic E-state index is -2.83. The Morgan fingerprint density at radius 3 is 2.90 bits per heavy atom. The van der Waals surface area contributed by atoms with Gasteiger partial charge in [0, 0.05) is 18.8 Å². The molecule has 0 spiro atoms. The van der Waals surface area contributed by atoms with Crippen LogP contribution in [-0.2, 0) is 6.54 Å². The number of ether oxygens (including phenoxy) is 2. The molecule has 2 aromatic rings. The highest BCUT2D eigenvalue weighted by Crippen LogP contribution is 2.17. The van der Waals surface area contributed by atoms with Gasteiger partial charge in [-0.05, 0) is 17.7 Å². The number of hydrogen-bond acceptors (Lipinski definition) is 5. The molecule has 7 heteroatoms. The topological polar surface area (TPSA) is 56.3 Å². The van der Waals surface area contributed by atoms with Gasteiger partial charge in [-0.25, -0.2) is 4.98 Å². The Bertz CT molecular complexity index is 567. The van der Waals surface area contributed by atoms with E-state index in [1.165, 1.54) is 19.2 Å². The van der Waals surface area contributed by atoms with E-state index in [-0.39, 0.29) is 5.75 Å². The van der Waals surface area contributed by atoms with E-state index >= 15 is 0 Å². The molecule has 0 fully saturated rings. The average Bonchev–Trinajstić information content (AvgIpc) is 2.45. The van der Waals surface area contributed by atoms with Gasteiger partial charge in [0.1, 0.15) is 5.75 Å². The highest BCUT2D eigenvalue weighted by Gasteiger charge is 2.05. The van der Waals surface area contributed by atoms with Crippen LogP contribution < -0.4 is 14.8 Å². The molecule has 20 heavy (non-hydrogen) atoms. The Labute approximate surface area is 114 Å². The number of nitrogens with one attached hydrogen (secondary N) is 1. The molecule has 1 N–H and O–H groups in total. The molecular formula is C13H13F2N3O2. The van der Waals surface area contributed by atoms with Gasteiger partial charge in [0.05, 0.1) is 7.11 Å². The van der Waals surface area contributed by atoms with Crippen molar-refractivity contribution in [2.45, 2.75) is 13.2 Å². The summed E-state index contributed by atoms with van der Waals surface area (Å²) in [5.41, 5.74) is 0.773. The smallest absolute Gasteiger partial charge is 0.387 e. The summed E-state index contributed by atoms with van der Waals surface area (Å²) in [5, 5.41) is 2.97. The molecule has 5 nitrogen and oxygen atoms in total. The molecule has 1 aromatic heterocycles. The zero-order valence-electron chi connectivity index (χ0n) is 10.7. The molecular weight excluding hydrogens is 268 g/mol. The van der Waals surface area contributed by atoms with Crippen LogP contribution >= 0.6 is 0 Å². The van der Waals surface area contributed by atoms with Gasteiger partial charge in [-0.1, -0.05) is 12.1 Å².